The van der Waals surface area contributed by atoms with Crippen molar-refractivity contribution in [2.75, 3.05) is 13.2 Å². The summed E-state index contributed by atoms with van der Waals surface area (Å²) in [6, 6.07) is 7.94. The molecular formula is C15H17N5O2. The van der Waals surface area contributed by atoms with E-state index in [0.29, 0.717) is 24.9 Å². The van der Waals surface area contributed by atoms with Gasteiger partial charge in [0.1, 0.15) is 6.04 Å². The van der Waals surface area contributed by atoms with Gasteiger partial charge in [-0.3, -0.25) is 0 Å². The lowest BCUT2D eigenvalue weighted by Gasteiger charge is -2.27. The molecule has 0 radical (unpaired) electrons. The summed E-state index contributed by atoms with van der Waals surface area (Å²) in [6.07, 6.45) is 1.82. The van der Waals surface area contributed by atoms with Crippen molar-refractivity contribution in [2.24, 2.45) is 0 Å². The van der Waals surface area contributed by atoms with Crippen molar-refractivity contribution in [3.05, 3.63) is 42.3 Å². The Morgan fingerprint density at radius 1 is 1.36 bits per heavy atom. The van der Waals surface area contributed by atoms with Crippen LogP contribution in [0.1, 0.15) is 24.7 Å². The number of morpholine rings is 1. The van der Waals surface area contributed by atoms with Gasteiger partial charge < -0.3 is 19.1 Å². The summed E-state index contributed by atoms with van der Waals surface area (Å²) >= 11 is 0. The van der Waals surface area contributed by atoms with Gasteiger partial charge in [0.2, 0.25) is 5.89 Å². The van der Waals surface area contributed by atoms with Crippen LogP contribution >= 0.6 is 0 Å². The molecule has 0 bridgehead atoms. The average Bonchev–Trinajstić information content (AvgIpc) is 3.16. The molecule has 4 rings (SSSR count). The van der Waals surface area contributed by atoms with Crippen molar-refractivity contribution in [2.45, 2.75) is 25.6 Å². The van der Waals surface area contributed by atoms with E-state index in [1.807, 2.05) is 35.8 Å². The first-order chi connectivity index (χ1) is 10.8. The molecule has 7 nitrogen and oxygen atoms in total. The number of rotatable bonds is 3. The number of benzene rings is 1. The fourth-order valence-electron chi connectivity index (χ4n) is 2.76. The van der Waals surface area contributed by atoms with Gasteiger partial charge in [0.25, 0.3) is 0 Å². The number of hydrogen-bond donors (Lipinski definition) is 1. The van der Waals surface area contributed by atoms with Crippen molar-refractivity contribution in [1.82, 2.24) is 25.0 Å². The van der Waals surface area contributed by atoms with Crippen molar-refractivity contribution in [1.29, 1.82) is 0 Å². The molecule has 0 saturated carbocycles. The van der Waals surface area contributed by atoms with E-state index in [4.69, 9.17) is 9.26 Å². The molecule has 3 heterocycles. The lowest BCUT2D eigenvalue weighted by atomic mass is 10.1. The van der Waals surface area contributed by atoms with Crippen LogP contribution in [0.2, 0.25) is 0 Å². The van der Waals surface area contributed by atoms with E-state index in [1.165, 1.54) is 0 Å². The number of nitrogens with zero attached hydrogens (tertiary/aromatic N) is 4. The Kier molecular flexibility index (Phi) is 3.36. The number of ether oxygens (including phenoxy) is 1. The van der Waals surface area contributed by atoms with Gasteiger partial charge in [-0.25, -0.2) is 4.98 Å². The zero-order valence-corrected chi connectivity index (χ0v) is 12.3. The van der Waals surface area contributed by atoms with Crippen LogP contribution in [0.15, 0.2) is 35.1 Å². The zero-order chi connectivity index (χ0) is 14.9. The molecule has 2 aromatic heterocycles. The van der Waals surface area contributed by atoms with Crippen molar-refractivity contribution < 1.29 is 9.26 Å². The van der Waals surface area contributed by atoms with Gasteiger partial charge in [-0.1, -0.05) is 17.3 Å². The van der Waals surface area contributed by atoms with E-state index in [1.54, 1.807) is 6.33 Å². The highest BCUT2D eigenvalue weighted by molar-refractivity contribution is 5.74. The maximum Gasteiger partial charge on any atom is 0.246 e. The highest BCUT2D eigenvalue weighted by Crippen LogP contribution is 2.20. The molecule has 22 heavy (non-hydrogen) atoms. The van der Waals surface area contributed by atoms with Crippen LogP contribution < -0.4 is 5.32 Å². The molecule has 0 unspecified atom stereocenters. The Morgan fingerprint density at radius 2 is 2.27 bits per heavy atom. The average molecular weight is 299 g/mol. The van der Waals surface area contributed by atoms with Crippen LogP contribution in [0, 0.1) is 0 Å². The zero-order valence-electron chi connectivity index (χ0n) is 12.3. The number of hydrogen-bond acceptors (Lipinski definition) is 6. The lowest BCUT2D eigenvalue weighted by Crippen LogP contribution is -2.40. The molecule has 7 heteroatoms. The highest BCUT2D eigenvalue weighted by Gasteiger charge is 2.28. The molecule has 2 atom stereocenters. The predicted octanol–water partition coefficient (Wildman–Crippen LogP) is 1.52. The molecule has 1 N–H and O–H groups in total. The smallest absolute Gasteiger partial charge is 0.246 e. The van der Waals surface area contributed by atoms with E-state index in [-0.39, 0.29) is 12.1 Å². The quantitative estimate of drug-likeness (QED) is 0.790. The van der Waals surface area contributed by atoms with Gasteiger partial charge in [0.15, 0.2) is 5.82 Å². The number of nitrogens with one attached hydrogen (secondary N) is 1. The Hall–Kier alpha value is -2.25. The van der Waals surface area contributed by atoms with Gasteiger partial charge in [-0.05, 0) is 19.1 Å². The monoisotopic (exact) mass is 299 g/mol. The Balaban J connectivity index is 1.57. The van der Waals surface area contributed by atoms with Crippen molar-refractivity contribution >= 4 is 11.0 Å². The SMILES string of the molecule is C[C@H]1OCCN[C@@H]1c1nc(Cn2cnc3ccccc32)no1. The van der Waals surface area contributed by atoms with Crippen LogP contribution in [0.4, 0.5) is 0 Å². The van der Waals surface area contributed by atoms with Crippen molar-refractivity contribution in [3.63, 3.8) is 0 Å². The van der Waals surface area contributed by atoms with Crippen LogP contribution in [-0.4, -0.2) is 38.9 Å². The summed E-state index contributed by atoms with van der Waals surface area (Å²) in [4.78, 5) is 8.87. The third-order valence-corrected chi connectivity index (χ3v) is 3.91. The van der Waals surface area contributed by atoms with Gasteiger partial charge in [0, 0.05) is 6.54 Å². The van der Waals surface area contributed by atoms with Crippen LogP contribution in [-0.2, 0) is 11.3 Å². The fraction of sp³-hybridized carbons (Fsp3) is 0.400. The first-order valence-corrected chi connectivity index (χ1v) is 7.38. The summed E-state index contributed by atoms with van der Waals surface area (Å²) in [7, 11) is 0. The molecule has 1 aliphatic heterocycles. The first-order valence-electron chi connectivity index (χ1n) is 7.38. The second kappa shape index (κ2) is 5.51. The molecule has 0 aliphatic carbocycles. The van der Waals surface area contributed by atoms with Gasteiger partial charge in [0.05, 0.1) is 36.6 Å². The molecule has 1 fully saturated rings. The lowest BCUT2D eigenvalue weighted by molar-refractivity contribution is -0.00136. The molecular weight excluding hydrogens is 282 g/mol. The molecule has 114 valence electrons. The van der Waals surface area contributed by atoms with Crippen LogP contribution in [0.25, 0.3) is 11.0 Å². The number of imidazole rings is 1. The second-order valence-electron chi connectivity index (χ2n) is 5.42. The topological polar surface area (TPSA) is 78.0 Å². The van der Waals surface area contributed by atoms with Gasteiger partial charge in [-0.15, -0.1) is 0 Å². The maximum atomic E-state index is 5.61. The minimum Gasteiger partial charge on any atom is -0.375 e. The summed E-state index contributed by atoms with van der Waals surface area (Å²) in [5, 5.41) is 7.42. The second-order valence-corrected chi connectivity index (χ2v) is 5.42. The molecule has 0 amide bonds. The number of para-hydroxylation sites is 2. The van der Waals surface area contributed by atoms with E-state index in [0.717, 1.165) is 17.6 Å². The molecule has 1 saturated heterocycles. The maximum absolute atomic E-state index is 5.61. The third-order valence-electron chi connectivity index (χ3n) is 3.91. The summed E-state index contributed by atoms with van der Waals surface area (Å²) < 4.78 is 13.0. The van der Waals surface area contributed by atoms with Crippen LogP contribution in [0.5, 0.6) is 0 Å². The summed E-state index contributed by atoms with van der Waals surface area (Å²) in [6.45, 7) is 4.04. The van der Waals surface area contributed by atoms with Crippen molar-refractivity contribution in [3.8, 4) is 0 Å². The largest absolute Gasteiger partial charge is 0.375 e. The normalized spacial score (nSPS) is 22.2. The standard InChI is InChI=1S/C15H17N5O2/c1-10-14(16-6-7-21-10)15-18-13(19-22-15)8-20-9-17-11-4-2-3-5-12(11)20/h2-5,9-10,14,16H,6-8H2,1H3/t10-,14+/m1/s1. The number of fused-ring (bicyclic) bond motifs is 1. The fourth-order valence-corrected chi connectivity index (χ4v) is 2.76. The first kappa shape index (κ1) is 13.4. The van der Waals surface area contributed by atoms with Gasteiger partial charge in [-0.2, -0.15) is 4.98 Å². The summed E-state index contributed by atoms with van der Waals surface area (Å²) in [5.74, 6) is 1.21. The molecule has 1 aliphatic rings. The Bertz CT molecular complexity index is 781. The van der Waals surface area contributed by atoms with E-state index in [2.05, 4.69) is 20.4 Å². The third kappa shape index (κ3) is 2.38. The van der Waals surface area contributed by atoms with E-state index in [9.17, 15) is 0 Å². The number of aromatic nitrogens is 4. The minimum absolute atomic E-state index is 0.0242. The predicted molar refractivity (Wildman–Crippen MR) is 79.3 cm³/mol. The molecule has 1 aromatic carbocycles. The van der Waals surface area contributed by atoms with E-state index >= 15 is 0 Å². The summed E-state index contributed by atoms with van der Waals surface area (Å²) in [5.41, 5.74) is 2.02. The Morgan fingerprint density at radius 3 is 3.18 bits per heavy atom. The molecule has 0 spiro atoms. The Labute approximate surface area is 127 Å². The van der Waals surface area contributed by atoms with Crippen LogP contribution in [0.3, 0.4) is 0 Å². The minimum atomic E-state index is -0.0467. The van der Waals surface area contributed by atoms with Gasteiger partial charge >= 0.3 is 0 Å². The van der Waals surface area contributed by atoms with E-state index < -0.39 is 0 Å². The highest BCUT2D eigenvalue weighted by atomic mass is 16.5. The molecule has 3 aromatic rings.